The first-order valence-corrected chi connectivity index (χ1v) is 8.62. The van der Waals surface area contributed by atoms with Crippen LogP contribution in [0.5, 0.6) is 0 Å². The van der Waals surface area contributed by atoms with E-state index in [4.69, 9.17) is 16.7 Å². The number of nitrogens with zero attached hydrogens (tertiary/aromatic N) is 2. The number of hydrogen-bond donors (Lipinski definition) is 1. The molecule has 2 aromatic carbocycles. The molecule has 0 aliphatic rings. The maximum atomic E-state index is 12.8. The number of rotatable bonds is 3. The Balaban J connectivity index is 2.14. The number of carbonyl (C=O) groups is 2. The van der Waals surface area contributed by atoms with E-state index < -0.39 is 30.2 Å². The van der Waals surface area contributed by atoms with Crippen LogP contribution in [-0.2, 0) is 17.5 Å². The first kappa shape index (κ1) is 19.1. The number of alkyl halides is 3. The van der Waals surface area contributed by atoms with Crippen molar-refractivity contribution in [1.82, 2.24) is 4.57 Å². The second-order valence-electron chi connectivity index (χ2n) is 5.45. The summed E-state index contributed by atoms with van der Waals surface area (Å²) in [6.07, 6.45) is -4.59. The van der Waals surface area contributed by atoms with Gasteiger partial charge in [0.1, 0.15) is 6.54 Å². The Labute approximate surface area is 159 Å². The number of carboxylic acids is 1. The summed E-state index contributed by atoms with van der Waals surface area (Å²) >= 11 is 7.08. The summed E-state index contributed by atoms with van der Waals surface area (Å²) in [5.74, 6) is -2.08. The van der Waals surface area contributed by atoms with Crippen molar-refractivity contribution in [3.05, 3.63) is 63.4 Å². The Morgan fingerprint density at radius 3 is 2.56 bits per heavy atom. The molecule has 0 spiro atoms. The molecule has 3 aromatic rings. The van der Waals surface area contributed by atoms with Crippen LogP contribution in [0.2, 0.25) is 5.02 Å². The Morgan fingerprint density at radius 2 is 1.89 bits per heavy atom. The van der Waals surface area contributed by atoms with Gasteiger partial charge in [-0.2, -0.15) is 18.2 Å². The summed E-state index contributed by atoms with van der Waals surface area (Å²) in [5.41, 5.74) is -0.762. The quantitative estimate of drug-likeness (QED) is 0.698. The molecule has 1 amide bonds. The number of hydrogen-bond acceptors (Lipinski definition) is 3. The van der Waals surface area contributed by atoms with E-state index in [0.717, 1.165) is 23.5 Å². The molecule has 3 rings (SSSR count). The lowest BCUT2D eigenvalue weighted by Crippen LogP contribution is -2.21. The monoisotopic (exact) mass is 414 g/mol. The topological polar surface area (TPSA) is 71.7 Å². The van der Waals surface area contributed by atoms with Crippen LogP contribution in [0.1, 0.15) is 15.9 Å². The second kappa shape index (κ2) is 7.16. The van der Waals surface area contributed by atoms with Gasteiger partial charge in [0.25, 0.3) is 5.91 Å². The Morgan fingerprint density at radius 1 is 1.19 bits per heavy atom. The van der Waals surface area contributed by atoms with Gasteiger partial charge in [-0.15, -0.1) is 0 Å². The zero-order chi connectivity index (χ0) is 19.8. The molecule has 0 saturated carbocycles. The van der Waals surface area contributed by atoms with E-state index in [1.54, 1.807) is 18.2 Å². The van der Waals surface area contributed by atoms with Crippen LogP contribution in [0.4, 0.5) is 13.2 Å². The van der Waals surface area contributed by atoms with Crippen molar-refractivity contribution < 1.29 is 27.9 Å². The van der Waals surface area contributed by atoms with Gasteiger partial charge in [-0.3, -0.25) is 9.59 Å². The second-order valence-corrected chi connectivity index (χ2v) is 6.83. The highest BCUT2D eigenvalue weighted by Gasteiger charge is 2.30. The highest BCUT2D eigenvalue weighted by Crippen LogP contribution is 2.30. The molecule has 0 fully saturated rings. The lowest BCUT2D eigenvalue weighted by Gasteiger charge is -2.06. The van der Waals surface area contributed by atoms with Crippen molar-refractivity contribution in [3.8, 4) is 0 Å². The van der Waals surface area contributed by atoms with Crippen molar-refractivity contribution in [2.24, 2.45) is 4.99 Å². The van der Waals surface area contributed by atoms with Gasteiger partial charge in [0.05, 0.1) is 20.8 Å². The largest absolute Gasteiger partial charge is 0.480 e. The average Bonchev–Trinajstić information content (AvgIpc) is 2.93. The van der Waals surface area contributed by atoms with Crippen LogP contribution in [0.25, 0.3) is 10.2 Å². The highest BCUT2D eigenvalue weighted by atomic mass is 35.5. The van der Waals surface area contributed by atoms with E-state index in [0.29, 0.717) is 21.3 Å². The molecular formula is C17H10ClF3N2O3S. The Bertz CT molecular complexity index is 1120. The number of carboxylic acid groups (broad SMARTS) is 1. The van der Waals surface area contributed by atoms with E-state index in [1.807, 2.05) is 0 Å². The molecule has 0 atom stereocenters. The maximum Gasteiger partial charge on any atom is 0.416 e. The van der Waals surface area contributed by atoms with Gasteiger partial charge in [-0.25, -0.2) is 0 Å². The number of aliphatic carboxylic acids is 1. The number of fused-ring (bicyclic) bond motifs is 1. The maximum absolute atomic E-state index is 12.8. The zero-order valence-electron chi connectivity index (χ0n) is 13.3. The Hall–Kier alpha value is -2.65. The third-order valence-electron chi connectivity index (χ3n) is 3.59. The molecule has 0 unspecified atom stereocenters. The molecule has 0 saturated heterocycles. The lowest BCUT2D eigenvalue weighted by molar-refractivity contribution is -0.138. The van der Waals surface area contributed by atoms with Gasteiger partial charge < -0.3 is 9.67 Å². The summed E-state index contributed by atoms with van der Waals surface area (Å²) < 4.78 is 40.3. The fraction of sp³-hybridized carbons (Fsp3) is 0.118. The molecule has 1 heterocycles. The molecule has 0 aliphatic heterocycles. The third-order valence-corrected chi connectivity index (χ3v) is 5.14. The SMILES string of the molecule is O=C(O)Cn1/c(=N/C(=O)c2cccc(C(F)(F)F)c2)sc2c(Cl)cccc21. The molecule has 5 nitrogen and oxygen atoms in total. The zero-order valence-corrected chi connectivity index (χ0v) is 14.9. The van der Waals surface area contributed by atoms with Crippen LogP contribution in [0, 0.1) is 0 Å². The first-order valence-electron chi connectivity index (χ1n) is 7.43. The molecule has 1 aromatic heterocycles. The smallest absolute Gasteiger partial charge is 0.416 e. The highest BCUT2D eigenvalue weighted by molar-refractivity contribution is 7.17. The van der Waals surface area contributed by atoms with Gasteiger partial charge in [-0.1, -0.05) is 35.1 Å². The number of aromatic nitrogens is 1. The van der Waals surface area contributed by atoms with E-state index in [2.05, 4.69) is 4.99 Å². The standard InChI is InChI=1S/C17H10ClF3N2O3S/c18-11-5-2-6-12-14(11)27-16(23(12)8-13(24)25)22-15(26)9-3-1-4-10(7-9)17(19,20)21/h1-7H,8H2,(H,24,25)/b22-16-. The minimum absolute atomic E-state index is 0.0305. The number of carbonyl (C=O) groups excluding carboxylic acids is 1. The van der Waals surface area contributed by atoms with Crippen molar-refractivity contribution >= 4 is 45.0 Å². The fourth-order valence-corrected chi connectivity index (χ4v) is 3.73. The van der Waals surface area contributed by atoms with E-state index in [9.17, 15) is 22.8 Å². The number of thiazole rings is 1. The van der Waals surface area contributed by atoms with Crippen LogP contribution in [0.15, 0.2) is 47.5 Å². The molecule has 140 valence electrons. The predicted octanol–water partition coefficient (Wildman–Crippen LogP) is 4.20. The van der Waals surface area contributed by atoms with Crippen LogP contribution in [0.3, 0.4) is 0 Å². The molecular weight excluding hydrogens is 405 g/mol. The average molecular weight is 415 g/mol. The summed E-state index contributed by atoms with van der Waals surface area (Å²) in [4.78, 5) is 27.4. The van der Waals surface area contributed by atoms with Gasteiger partial charge in [0.15, 0.2) is 4.80 Å². The van der Waals surface area contributed by atoms with Crippen molar-refractivity contribution in [2.75, 3.05) is 0 Å². The molecule has 0 aliphatic carbocycles. The third kappa shape index (κ3) is 4.04. The first-order chi connectivity index (χ1) is 12.7. The summed E-state index contributed by atoms with van der Waals surface area (Å²) in [5, 5.41) is 9.47. The molecule has 0 bridgehead atoms. The van der Waals surface area contributed by atoms with Crippen molar-refractivity contribution in [2.45, 2.75) is 12.7 Å². The molecule has 10 heteroatoms. The van der Waals surface area contributed by atoms with E-state index in [-0.39, 0.29) is 10.4 Å². The lowest BCUT2D eigenvalue weighted by atomic mass is 10.1. The van der Waals surface area contributed by atoms with Crippen molar-refractivity contribution in [1.29, 1.82) is 0 Å². The molecule has 1 N–H and O–H groups in total. The minimum atomic E-state index is -4.59. The summed E-state index contributed by atoms with van der Waals surface area (Å²) in [7, 11) is 0. The van der Waals surface area contributed by atoms with Gasteiger partial charge in [0, 0.05) is 5.56 Å². The summed E-state index contributed by atoms with van der Waals surface area (Å²) in [6.45, 7) is -0.477. The number of benzene rings is 2. The molecule has 27 heavy (non-hydrogen) atoms. The van der Waals surface area contributed by atoms with Crippen LogP contribution < -0.4 is 4.80 Å². The number of amides is 1. The van der Waals surface area contributed by atoms with E-state index >= 15 is 0 Å². The normalized spacial score (nSPS) is 12.5. The van der Waals surface area contributed by atoms with Gasteiger partial charge in [-0.05, 0) is 30.3 Å². The van der Waals surface area contributed by atoms with Crippen LogP contribution >= 0.6 is 22.9 Å². The fourth-order valence-electron chi connectivity index (χ4n) is 2.41. The summed E-state index contributed by atoms with van der Waals surface area (Å²) in [6, 6.07) is 8.71. The van der Waals surface area contributed by atoms with Crippen molar-refractivity contribution in [3.63, 3.8) is 0 Å². The van der Waals surface area contributed by atoms with Crippen LogP contribution in [-0.4, -0.2) is 21.6 Å². The Kier molecular flexibility index (Phi) is 5.07. The van der Waals surface area contributed by atoms with Gasteiger partial charge in [0.2, 0.25) is 0 Å². The minimum Gasteiger partial charge on any atom is -0.480 e. The van der Waals surface area contributed by atoms with E-state index in [1.165, 1.54) is 10.6 Å². The predicted molar refractivity (Wildman–Crippen MR) is 93.8 cm³/mol. The molecule has 0 radical (unpaired) electrons. The number of halogens is 4. The van der Waals surface area contributed by atoms with Gasteiger partial charge >= 0.3 is 12.1 Å².